The Hall–Kier alpha value is -1.06. The maximum atomic E-state index is 6.12. The minimum atomic E-state index is 0.708. The molecule has 0 spiro atoms. The van der Waals surface area contributed by atoms with Crippen LogP contribution in [0.15, 0.2) is 18.5 Å². The van der Waals surface area contributed by atoms with Gasteiger partial charge in [0.1, 0.15) is 0 Å². The number of imidazole rings is 1. The maximum absolute atomic E-state index is 6.12. The molecule has 2 aromatic heterocycles. The maximum Gasteiger partial charge on any atom is 0.155 e. The molecular formula is C11H14ClN3. The number of rotatable bonds is 2. The summed E-state index contributed by atoms with van der Waals surface area (Å²) < 4.78 is 2.05. The van der Waals surface area contributed by atoms with E-state index in [9.17, 15) is 0 Å². The summed E-state index contributed by atoms with van der Waals surface area (Å²) >= 11 is 6.12. The minimum absolute atomic E-state index is 0.708. The standard InChI is InChI=1S/C11H14ClN3/c1-8-4-10(12)11-13-5-9(7-14(2)3)15(11)6-8/h4-6H,7H2,1-3H3. The number of hydrogen-bond donors (Lipinski definition) is 0. The van der Waals surface area contributed by atoms with E-state index in [4.69, 9.17) is 11.6 Å². The number of pyridine rings is 1. The zero-order valence-corrected chi connectivity index (χ0v) is 9.91. The Labute approximate surface area is 94.3 Å². The topological polar surface area (TPSA) is 20.5 Å². The highest BCUT2D eigenvalue weighted by molar-refractivity contribution is 6.33. The molecule has 2 heterocycles. The molecule has 0 radical (unpaired) electrons. The van der Waals surface area contributed by atoms with E-state index in [0.29, 0.717) is 5.02 Å². The lowest BCUT2D eigenvalue weighted by Crippen LogP contribution is -2.12. The van der Waals surface area contributed by atoms with E-state index in [1.807, 2.05) is 33.3 Å². The molecular weight excluding hydrogens is 210 g/mol. The van der Waals surface area contributed by atoms with Crippen molar-refractivity contribution in [2.24, 2.45) is 0 Å². The van der Waals surface area contributed by atoms with Gasteiger partial charge in [-0.3, -0.25) is 0 Å². The first kappa shape index (κ1) is 10.5. The van der Waals surface area contributed by atoms with E-state index < -0.39 is 0 Å². The van der Waals surface area contributed by atoms with Gasteiger partial charge in [0.2, 0.25) is 0 Å². The van der Waals surface area contributed by atoms with Crippen molar-refractivity contribution in [3.8, 4) is 0 Å². The number of halogens is 1. The Morgan fingerprint density at radius 2 is 2.20 bits per heavy atom. The summed E-state index contributed by atoms with van der Waals surface area (Å²) in [6.07, 6.45) is 3.94. The lowest BCUT2D eigenvalue weighted by molar-refractivity contribution is 0.395. The average molecular weight is 224 g/mol. The van der Waals surface area contributed by atoms with Gasteiger partial charge in [-0.15, -0.1) is 0 Å². The Kier molecular flexibility index (Phi) is 2.67. The Morgan fingerprint density at radius 1 is 1.47 bits per heavy atom. The number of aromatic nitrogens is 2. The normalized spacial score (nSPS) is 11.5. The summed E-state index contributed by atoms with van der Waals surface area (Å²) in [5, 5.41) is 0.708. The first-order chi connectivity index (χ1) is 7.08. The van der Waals surface area contributed by atoms with E-state index in [0.717, 1.165) is 23.4 Å². The molecule has 4 heteroatoms. The van der Waals surface area contributed by atoms with Gasteiger partial charge in [-0.1, -0.05) is 11.6 Å². The molecule has 0 amide bonds. The SMILES string of the molecule is Cc1cc(Cl)c2ncc(CN(C)C)n2c1. The van der Waals surface area contributed by atoms with E-state index in [-0.39, 0.29) is 0 Å². The van der Waals surface area contributed by atoms with Crippen LogP contribution < -0.4 is 0 Å². The van der Waals surface area contributed by atoms with E-state index in [1.165, 1.54) is 0 Å². The van der Waals surface area contributed by atoms with Gasteiger partial charge in [0.25, 0.3) is 0 Å². The fraction of sp³-hybridized carbons (Fsp3) is 0.364. The van der Waals surface area contributed by atoms with Gasteiger partial charge in [-0.05, 0) is 32.6 Å². The van der Waals surface area contributed by atoms with Crippen molar-refractivity contribution in [1.82, 2.24) is 14.3 Å². The molecule has 0 saturated heterocycles. The van der Waals surface area contributed by atoms with Crippen LogP contribution in [0.1, 0.15) is 11.3 Å². The van der Waals surface area contributed by atoms with Crippen molar-refractivity contribution in [2.45, 2.75) is 13.5 Å². The molecule has 15 heavy (non-hydrogen) atoms. The molecule has 0 fully saturated rings. The smallest absolute Gasteiger partial charge is 0.155 e. The Balaban J connectivity index is 2.58. The van der Waals surface area contributed by atoms with Crippen molar-refractivity contribution in [2.75, 3.05) is 14.1 Å². The third-order valence-electron chi connectivity index (χ3n) is 2.25. The summed E-state index contributed by atoms with van der Waals surface area (Å²) in [6.45, 7) is 2.89. The predicted molar refractivity (Wildman–Crippen MR) is 62.3 cm³/mol. The van der Waals surface area contributed by atoms with Gasteiger partial charge in [-0.2, -0.15) is 0 Å². The summed E-state index contributed by atoms with van der Waals surface area (Å²) in [4.78, 5) is 6.43. The molecule has 0 aliphatic rings. The highest BCUT2D eigenvalue weighted by atomic mass is 35.5. The van der Waals surface area contributed by atoms with Crippen LogP contribution in [0.3, 0.4) is 0 Å². The Morgan fingerprint density at radius 3 is 2.87 bits per heavy atom. The number of fused-ring (bicyclic) bond motifs is 1. The molecule has 0 unspecified atom stereocenters. The second kappa shape index (κ2) is 3.83. The summed E-state index contributed by atoms with van der Waals surface area (Å²) in [6, 6.07) is 1.93. The monoisotopic (exact) mass is 223 g/mol. The fourth-order valence-corrected chi connectivity index (χ4v) is 1.98. The summed E-state index contributed by atoms with van der Waals surface area (Å²) in [7, 11) is 4.08. The summed E-state index contributed by atoms with van der Waals surface area (Å²) in [5.74, 6) is 0. The number of nitrogens with zero attached hydrogens (tertiary/aromatic N) is 3. The molecule has 3 nitrogen and oxygen atoms in total. The van der Waals surface area contributed by atoms with Crippen LogP contribution in [0.5, 0.6) is 0 Å². The third kappa shape index (κ3) is 1.98. The largest absolute Gasteiger partial charge is 0.304 e. The number of hydrogen-bond acceptors (Lipinski definition) is 2. The molecule has 0 aromatic carbocycles. The zero-order chi connectivity index (χ0) is 11.0. The van der Waals surface area contributed by atoms with Gasteiger partial charge < -0.3 is 9.30 Å². The van der Waals surface area contributed by atoms with Crippen molar-refractivity contribution in [1.29, 1.82) is 0 Å². The van der Waals surface area contributed by atoms with Gasteiger partial charge in [0, 0.05) is 12.7 Å². The van der Waals surface area contributed by atoms with Gasteiger partial charge in [0.15, 0.2) is 5.65 Å². The zero-order valence-electron chi connectivity index (χ0n) is 9.16. The highest BCUT2D eigenvalue weighted by Gasteiger charge is 2.07. The molecule has 0 bridgehead atoms. The first-order valence-corrected chi connectivity index (χ1v) is 5.22. The quantitative estimate of drug-likeness (QED) is 0.779. The molecule has 0 atom stereocenters. The molecule has 0 saturated carbocycles. The molecule has 0 N–H and O–H groups in total. The van der Waals surface area contributed by atoms with Gasteiger partial charge in [-0.25, -0.2) is 4.98 Å². The molecule has 80 valence electrons. The van der Waals surface area contributed by atoms with E-state index in [1.54, 1.807) is 0 Å². The highest BCUT2D eigenvalue weighted by Crippen LogP contribution is 2.19. The van der Waals surface area contributed by atoms with Crippen molar-refractivity contribution in [3.05, 3.63) is 34.7 Å². The minimum Gasteiger partial charge on any atom is -0.304 e. The summed E-state index contributed by atoms with van der Waals surface area (Å²) in [5.41, 5.74) is 3.13. The second-order valence-electron chi connectivity index (χ2n) is 4.05. The Bertz CT molecular complexity index is 488. The average Bonchev–Trinajstić information content (AvgIpc) is 2.48. The van der Waals surface area contributed by atoms with Crippen LogP contribution in [-0.2, 0) is 6.54 Å². The third-order valence-corrected chi connectivity index (χ3v) is 2.53. The predicted octanol–water partition coefficient (Wildman–Crippen LogP) is 2.36. The van der Waals surface area contributed by atoms with Crippen LogP contribution in [0.2, 0.25) is 5.02 Å². The van der Waals surface area contributed by atoms with Crippen molar-refractivity contribution >= 4 is 17.2 Å². The number of aryl methyl sites for hydroxylation is 1. The lowest BCUT2D eigenvalue weighted by Gasteiger charge is -2.09. The van der Waals surface area contributed by atoms with Crippen molar-refractivity contribution < 1.29 is 0 Å². The lowest BCUT2D eigenvalue weighted by atomic mass is 10.3. The van der Waals surface area contributed by atoms with E-state index >= 15 is 0 Å². The molecule has 2 rings (SSSR count). The van der Waals surface area contributed by atoms with Crippen LogP contribution in [0.4, 0.5) is 0 Å². The first-order valence-electron chi connectivity index (χ1n) is 4.85. The second-order valence-corrected chi connectivity index (χ2v) is 4.45. The van der Waals surface area contributed by atoms with Crippen molar-refractivity contribution in [3.63, 3.8) is 0 Å². The van der Waals surface area contributed by atoms with Crippen LogP contribution in [-0.4, -0.2) is 28.4 Å². The van der Waals surface area contributed by atoms with Crippen LogP contribution in [0, 0.1) is 6.92 Å². The van der Waals surface area contributed by atoms with Crippen LogP contribution in [0.25, 0.3) is 5.65 Å². The molecule has 0 aliphatic heterocycles. The fourth-order valence-electron chi connectivity index (χ4n) is 1.66. The van der Waals surface area contributed by atoms with E-state index in [2.05, 4.69) is 20.5 Å². The van der Waals surface area contributed by atoms with Crippen LogP contribution >= 0.6 is 11.6 Å². The van der Waals surface area contributed by atoms with Gasteiger partial charge in [0.05, 0.1) is 16.9 Å². The molecule has 0 aliphatic carbocycles. The molecule has 2 aromatic rings. The van der Waals surface area contributed by atoms with Gasteiger partial charge >= 0.3 is 0 Å².